The number of H-pyrrole nitrogens is 1. The molecule has 1 aromatic heterocycles. The van der Waals surface area contributed by atoms with Crippen LogP contribution >= 0.6 is 21.6 Å². The number of cyclic esters (lactones) is 1. The SMILES string of the molecule is CCCCC[C@]12C(=O)C3=C4[C@H](CC[C@]5(CCN=C(N)N)[C@@H]6[C@@H](CC#C[C@@H]([C@@H]7COC(=O)[C@@H]7c7cc[nH]c7)C[C@H]7[C@@H](CC=C8CC[C@@H](C)C[C@H]87)[C@H](C(O)O)C[C@@H](O)[C@]6(C)O)C[C@@]45O)[C@@]1(C)C[C@H](O)[C@H](O)[C@H]2CSSC[C@@H](c1ccc(O)cc1)CC(=O)CN3. The Labute approximate surface area is 520 Å². The van der Waals surface area contributed by atoms with Crippen molar-refractivity contribution >= 4 is 45.1 Å². The number of aliphatic hydroxyl groups is 7. The Morgan fingerprint density at radius 1 is 0.931 bits per heavy atom. The molecule has 2 aliphatic heterocycles. The summed E-state index contributed by atoms with van der Waals surface area (Å²) in [6.45, 7) is 7.88. The predicted molar refractivity (Wildman–Crippen MR) is 335 cm³/mol. The monoisotopic (exact) mass is 1240 g/mol. The number of fused-ring (bicyclic) bond motifs is 10. The summed E-state index contributed by atoms with van der Waals surface area (Å²) in [5.41, 5.74) is 7.89. The first-order valence-electron chi connectivity index (χ1n) is 32.5. The van der Waals surface area contributed by atoms with Gasteiger partial charge in [0.25, 0.3) is 0 Å². The number of hydrogen-bond donors (Lipinski definition) is 12. The van der Waals surface area contributed by atoms with Gasteiger partial charge in [0.15, 0.2) is 23.8 Å². The van der Waals surface area contributed by atoms with Crippen LogP contribution in [0.1, 0.15) is 160 Å². The maximum absolute atomic E-state index is 16.9. The zero-order valence-electron chi connectivity index (χ0n) is 51.1. The molecule has 0 spiro atoms. The van der Waals surface area contributed by atoms with Crippen molar-refractivity contribution in [3.05, 3.63) is 76.8 Å². The molecule has 0 radical (unpaired) electrons. The second-order valence-corrected chi connectivity index (χ2v) is 31.1. The van der Waals surface area contributed by atoms with Gasteiger partial charge in [-0.05, 0) is 160 Å². The summed E-state index contributed by atoms with van der Waals surface area (Å²) >= 11 is 0. The van der Waals surface area contributed by atoms with Crippen LogP contribution in [0.4, 0.5) is 0 Å². The second kappa shape index (κ2) is 25.4. The highest BCUT2D eigenvalue weighted by Crippen LogP contribution is 2.75. The minimum atomic E-state index is -2.07. The molecule has 21 atom stereocenters. The number of phenolic OH excluding ortho intramolecular Hbond substituents is 1. The number of ketones is 2. The number of allylic oxidation sites excluding steroid dienone is 3. The molecule has 87 heavy (non-hydrogen) atoms. The first-order valence-corrected chi connectivity index (χ1v) is 34.9. The number of phenols is 1. The molecule has 19 heteroatoms. The molecule has 9 aliphatic rings. The number of carbonyl (C=O) groups is 3. The molecule has 6 fully saturated rings. The number of nitrogens with zero attached hydrogens (tertiary/aromatic N) is 1. The third-order valence-electron chi connectivity index (χ3n) is 24.1. The number of hydrogen-bond acceptors (Lipinski definition) is 16. The van der Waals surface area contributed by atoms with E-state index >= 15 is 4.79 Å². The Balaban J connectivity index is 1.11. The van der Waals surface area contributed by atoms with E-state index in [-0.39, 0.29) is 129 Å². The standard InChI is InChI=1S/C68H95N5O12S2/c1-5-6-7-21-67-52-36-87-86-35-43(38-13-16-44(74)17-14-38)27-45(75)33-73-57(60(67)79)56-51(64(67,3)31-53(76)58(52)78)19-22-66(23-25-72-63(69)70)59-41(30-68(56,66)84)10-8-9-40(50-34-85-62(82)55(50)42-20-24-71-32-42)28-48-46(18-15-39-12-11-37(2)26-47(39)48)49(61(80)81)29-54(77)65(59,4)83/h13-17,20,24,32,37,40-41,43,46-55,58-59,61,71,73-74,76-78,80-81,83-84H,5-7,10-12,18-19,21-23,25-31,33-36H2,1-4H3,(H4,69,70,72)/t37-,40-,41+,43+,46-,47-,48+,49-,50+,51+,52-,53+,54-,55-,58-,59-,64-,65+,66+,67+,68-/m1/s1. The fourth-order valence-electron chi connectivity index (χ4n) is 20.1. The average Bonchev–Trinajstić information content (AvgIpc) is 1.70. The lowest BCUT2D eigenvalue weighted by molar-refractivity contribution is -0.215. The van der Waals surface area contributed by atoms with Crippen molar-refractivity contribution in [2.75, 3.05) is 31.2 Å². The number of nitrogens with one attached hydrogen (secondary N) is 2. The normalized spacial score (nSPS) is 42.4. The first kappa shape index (κ1) is 64.2. The Bertz CT molecular complexity index is 3010. The van der Waals surface area contributed by atoms with Crippen molar-refractivity contribution in [2.24, 2.45) is 97.8 Å². The summed E-state index contributed by atoms with van der Waals surface area (Å²) in [5.74, 6) is 1.65. The quantitative estimate of drug-likeness (QED) is 0.0156. The van der Waals surface area contributed by atoms with Crippen LogP contribution in [0.5, 0.6) is 5.75 Å². The number of rotatable bonds is 11. The summed E-state index contributed by atoms with van der Waals surface area (Å²) < 4.78 is 5.95. The molecular weight excluding hydrogens is 1140 g/mol. The number of aliphatic imine (C=N–C) groups is 1. The van der Waals surface area contributed by atoms with Gasteiger partial charge < -0.3 is 67.4 Å². The molecule has 3 heterocycles. The number of esters is 1. The van der Waals surface area contributed by atoms with Crippen LogP contribution in [0, 0.1) is 93.2 Å². The second-order valence-electron chi connectivity index (χ2n) is 28.6. The Kier molecular flexibility index (Phi) is 18.7. The highest BCUT2D eigenvalue weighted by Gasteiger charge is 2.77. The number of benzene rings is 1. The van der Waals surface area contributed by atoms with E-state index in [9.17, 15) is 50.4 Å². The van der Waals surface area contributed by atoms with Gasteiger partial charge in [0.1, 0.15) is 5.75 Å². The maximum atomic E-state index is 16.9. The number of guanidine groups is 1. The minimum Gasteiger partial charge on any atom is -0.508 e. The third kappa shape index (κ3) is 11.2. The van der Waals surface area contributed by atoms with Gasteiger partial charge in [-0.2, -0.15) is 0 Å². The molecule has 1 aromatic carbocycles. The summed E-state index contributed by atoms with van der Waals surface area (Å²) in [6.07, 6.45) is 7.20. The number of nitrogens with two attached hydrogens (primary N) is 2. The van der Waals surface area contributed by atoms with Crippen LogP contribution in [0.3, 0.4) is 0 Å². The number of ether oxygens (including phenoxy) is 1. The van der Waals surface area contributed by atoms with Gasteiger partial charge in [0.2, 0.25) is 0 Å². The van der Waals surface area contributed by atoms with Gasteiger partial charge in [-0.1, -0.05) is 91.3 Å². The van der Waals surface area contributed by atoms with E-state index in [1.165, 1.54) is 16.4 Å². The molecule has 2 bridgehead atoms. The lowest BCUT2D eigenvalue weighted by Crippen LogP contribution is -2.71. The van der Waals surface area contributed by atoms with Crippen molar-refractivity contribution in [2.45, 2.75) is 184 Å². The molecule has 0 amide bonds. The van der Waals surface area contributed by atoms with E-state index in [1.54, 1.807) is 36.0 Å². The number of Topliss-reactive ketones (excluding diaryl/α,β-unsaturated/α-hetero) is 2. The lowest BCUT2D eigenvalue weighted by atomic mass is 9.37. The lowest BCUT2D eigenvalue weighted by Gasteiger charge is -2.67. The van der Waals surface area contributed by atoms with Crippen LogP contribution in [0.25, 0.3) is 0 Å². The molecule has 14 N–H and O–H groups in total. The maximum Gasteiger partial charge on any atom is 0.313 e. The molecule has 17 nitrogen and oxygen atoms in total. The number of aromatic nitrogens is 1. The number of unbranched alkanes of at least 4 members (excludes halogenated alkanes) is 2. The van der Waals surface area contributed by atoms with Crippen molar-refractivity contribution < 1.29 is 60.0 Å². The number of aliphatic hydroxyl groups excluding tert-OH is 4. The van der Waals surface area contributed by atoms with Gasteiger partial charge in [0.05, 0.1) is 54.3 Å². The fraction of sp³-hybridized carbons (Fsp3) is 0.706. The zero-order chi connectivity index (χ0) is 62.0. The van der Waals surface area contributed by atoms with Crippen LogP contribution < -0.4 is 16.8 Å². The molecule has 0 unspecified atom stereocenters. The summed E-state index contributed by atoms with van der Waals surface area (Å²) in [4.78, 5) is 53.2. The topological polar surface area (TPSA) is 314 Å². The number of aromatic amines is 1. The Morgan fingerprint density at radius 2 is 1.70 bits per heavy atom. The fourth-order valence-corrected chi connectivity index (χ4v) is 22.9. The van der Waals surface area contributed by atoms with E-state index in [1.807, 2.05) is 24.4 Å². The van der Waals surface area contributed by atoms with E-state index in [0.717, 1.165) is 43.2 Å². The minimum absolute atomic E-state index is 0.00780. The van der Waals surface area contributed by atoms with Crippen LogP contribution in [0.15, 0.2) is 70.6 Å². The molecular formula is C68H95N5O12S2. The number of carbonyl (C=O) groups excluding carboxylic acids is 3. The van der Waals surface area contributed by atoms with Gasteiger partial charge in [0, 0.05) is 89.6 Å². The van der Waals surface area contributed by atoms with Crippen molar-refractivity contribution in [3.63, 3.8) is 0 Å². The average molecular weight is 1240 g/mol. The molecule has 2 aromatic rings. The molecule has 2 saturated heterocycles. The Morgan fingerprint density at radius 3 is 2.43 bits per heavy atom. The smallest absolute Gasteiger partial charge is 0.313 e. The molecule has 11 rings (SSSR count). The molecule has 7 aliphatic carbocycles. The first-order chi connectivity index (χ1) is 41.5. The summed E-state index contributed by atoms with van der Waals surface area (Å²) in [7, 11) is 3.09. The van der Waals surface area contributed by atoms with E-state index < -0.39 is 93.5 Å². The third-order valence-corrected chi connectivity index (χ3v) is 26.6. The van der Waals surface area contributed by atoms with Gasteiger partial charge >= 0.3 is 5.97 Å². The largest absolute Gasteiger partial charge is 0.508 e. The predicted octanol–water partition coefficient (Wildman–Crippen LogP) is 7.12. The summed E-state index contributed by atoms with van der Waals surface area (Å²) in [5, 5.41) is 104. The van der Waals surface area contributed by atoms with Crippen LogP contribution in [-0.2, 0) is 19.1 Å². The van der Waals surface area contributed by atoms with Gasteiger partial charge in [-0.3, -0.25) is 19.4 Å². The van der Waals surface area contributed by atoms with Crippen molar-refractivity contribution in [3.8, 4) is 17.6 Å². The van der Waals surface area contributed by atoms with E-state index in [4.69, 9.17) is 16.2 Å². The molecule has 476 valence electrons. The van der Waals surface area contributed by atoms with E-state index in [0.29, 0.717) is 55.1 Å². The van der Waals surface area contributed by atoms with Gasteiger partial charge in [-0.25, -0.2) is 0 Å². The van der Waals surface area contributed by atoms with Gasteiger partial charge in [-0.15, -0.1) is 5.92 Å². The highest BCUT2D eigenvalue weighted by atomic mass is 33.1. The highest BCUT2D eigenvalue weighted by molar-refractivity contribution is 8.76. The van der Waals surface area contributed by atoms with Crippen molar-refractivity contribution in [1.29, 1.82) is 0 Å². The van der Waals surface area contributed by atoms with Crippen molar-refractivity contribution in [1.82, 2.24) is 10.3 Å². The summed E-state index contributed by atoms with van der Waals surface area (Å²) in [6, 6.07) is 8.72. The Hall–Kier alpha value is -4.36. The molecule has 4 saturated carbocycles. The van der Waals surface area contributed by atoms with Crippen LogP contribution in [0.2, 0.25) is 0 Å². The number of aromatic hydroxyl groups is 1. The van der Waals surface area contributed by atoms with Crippen LogP contribution in [-0.4, -0.2) is 136 Å². The van der Waals surface area contributed by atoms with E-state index in [2.05, 4.69) is 54.0 Å². The zero-order valence-corrected chi connectivity index (χ0v) is 52.8.